The largest absolute Gasteiger partial charge is 0.305 e. The molecule has 0 spiro atoms. The molecule has 0 aromatic carbocycles. The van der Waals surface area contributed by atoms with Crippen LogP contribution in [0.1, 0.15) is 0 Å². The summed E-state index contributed by atoms with van der Waals surface area (Å²) < 4.78 is 25.3. The molecule has 1 saturated heterocycles. The number of sulfonamides is 1. The van der Waals surface area contributed by atoms with E-state index >= 15 is 0 Å². The average molecular weight is 234 g/mol. The maximum atomic E-state index is 11.3. The summed E-state index contributed by atoms with van der Waals surface area (Å²) in [5.74, 6) is 4.13. The minimum absolute atomic E-state index is 0.0409. The molecule has 0 amide bonds. The molecule has 1 atom stereocenters. The highest BCUT2D eigenvalue weighted by atomic mass is 32.2. The zero-order chi connectivity index (χ0) is 10.4. The molecule has 0 bridgehead atoms. The molecule has 0 aromatic heterocycles. The van der Waals surface area contributed by atoms with Gasteiger partial charge in [-0.1, -0.05) is 5.92 Å². The summed E-state index contributed by atoms with van der Waals surface area (Å²) in [5.41, 5.74) is 0. The maximum Gasteiger partial charge on any atom is 0.212 e. The van der Waals surface area contributed by atoms with Gasteiger partial charge >= 0.3 is 0 Å². The van der Waals surface area contributed by atoms with Crippen molar-refractivity contribution in [2.75, 3.05) is 30.3 Å². The van der Waals surface area contributed by atoms with Crippen LogP contribution in [-0.2, 0) is 10.0 Å². The Bertz CT molecular complexity index is 308. The highest BCUT2D eigenvalue weighted by Gasteiger charge is 2.21. The topological polar surface area (TPSA) is 58.2 Å². The first-order valence-electron chi connectivity index (χ1n) is 4.36. The Morgan fingerprint density at radius 2 is 2.43 bits per heavy atom. The van der Waals surface area contributed by atoms with Gasteiger partial charge in [-0.25, -0.2) is 13.1 Å². The monoisotopic (exact) mass is 234 g/mol. The summed E-state index contributed by atoms with van der Waals surface area (Å²) in [7, 11) is -3.07. The molecule has 4 nitrogen and oxygen atoms in total. The molecule has 0 radical (unpaired) electrons. The summed E-state index contributed by atoms with van der Waals surface area (Å²) >= 11 is 1.65. The van der Waals surface area contributed by atoms with Crippen molar-refractivity contribution in [3.8, 4) is 12.3 Å². The van der Waals surface area contributed by atoms with Crippen molar-refractivity contribution in [3.05, 3.63) is 0 Å². The first-order valence-corrected chi connectivity index (χ1v) is 7.16. The Morgan fingerprint density at radius 1 is 1.64 bits per heavy atom. The summed E-state index contributed by atoms with van der Waals surface area (Å²) in [4.78, 5) is 0. The molecule has 14 heavy (non-hydrogen) atoms. The molecule has 80 valence electrons. The van der Waals surface area contributed by atoms with E-state index in [1.165, 1.54) is 0 Å². The predicted molar refractivity (Wildman–Crippen MR) is 59.7 cm³/mol. The SMILES string of the molecule is C#CCNC[C@@H]1CSCCS(=O)(=O)N1. The average Bonchev–Trinajstić information content (AvgIpc) is 2.27. The second-order valence-electron chi connectivity index (χ2n) is 3.04. The zero-order valence-electron chi connectivity index (χ0n) is 7.82. The van der Waals surface area contributed by atoms with Crippen molar-refractivity contribution in [1.82, 2.24) is 10.0 Å². The smallest absolute Gasteiger partial charge is 0.212 e. The van der Waals surface area contributed by atoms with Crippen LogP contribution in [0.2, 0.25) is 0 Å². The third-order valence-electron chi connectivity index (χ3n) is 1.78. The number of hydrogen-bond donors (Lipinski definition) is 2. The van der Waals surface area contributed by atoms with Gasteiger partial charge in [-0.05, 0) is 0 Å². The van der Waals surface area contributed by atoms with E-state index in [9.17, 15) is 8.42 Å². The molecule has 1 aliphatic heterocycles. The first kappa shape index (κ1) is 11.9. The lowest BCUT2D eigenvalue weighted by Crippen LogP contribution is -2.43. The molecule has 1 fully saturated rings. The van der Waals surface area contributed by atoms with Crippen molar-refractivity contribution < 1.29 is 8.42 Å². The summed E-state index contributed by atoms with van der Waals surface area (Å²) in [6.45, 7) is 1.07. The van der Waals surface area contributed by atoms with Gasteiger partial charge in [0.15, 0.2) is 0 Å². The number of terminal acetylenes is 1. The molecule has 6 heteroatoms. The van der Waals surface area contributed by atoms with Crippen LogP contribution < -0.4 is 10.0 Å². The van der Waals surface area contributed by atoms with E-state index in [4.69, 9.17) is 6.42 Å². The van der Waals surface area contributed by atoms with Crippen molar-refractivity contribution in [1.29, 1.82) is 0 Å². The standard InChI is InChI=1S/C8H14N2O2S2/c1-2-3-9-6-8-7-13-4-5-14(11,12)10-8/h1,8-10H,3-7H2/t8-/m1/s1. The molecule has 0 saturated carbocycles. The summed E-state index contributed by atoms with van der Waals surface area (Å²) in [6.07, 6.45) is 5.07. The van der Waals surface area contributed by atoms with Gasteiger partial charge in [0.2, 0.25) is 10.0 Å². The number of hydrogen-bond acceptors (Lipinski definition) is 4. The lowest BCUT2D eigenvalue weighted by Gasteiger charge is -2.14. The molecule has 1 aliphatic rings. The van der Waals surface area contributed by atoms with E-state index in [0.717, 1.165) is 5.75 Å². The molecule has 0 aromatic rings. The minimum atomic E-state index is -3.07. The van der Waals surface area contributed by atoms with E-state index < -0.39 is 10.0 Å². The maximum absolute atomic E-state index is 11.3. The fourth-order valence-corrected chi connectivity index (χ4v) is 4.06. The second-order valence-corrected chi connectivity index (χ2v) is 6.07. The normalized spacial score (nSPS) is 26.4. The molecule has 1 rings (SSSR count). The third kappa shape index (κ3) is 4.33. The van der Waals surface area contributed by atoms with Gasteiger partial charge in [-0.15, -0.1) is 6.42 Å². The molecular formula is C8H14N2O2S2. The van der Waals surface area contributed by atoms with Gasteiger partial charge in [0.25, 0.3) is 0 Å². The minimum Gasteiger partial charge on any atom is -0.305 e. The fourth-order valence-electron chi connectivity index (χ4n) is 1.16. The second kappa shape index (κ2) is 5.61. The van der Waals surface area contributed by atoms with Crippen molar-refractivity contribution in [2.45, 2.75) is 6.04 Å². The van der Waals surface area contributed by atoms with Crippen LogP contribution in [0.15, 0.2) is 0 Å². The fraction of sp³-hybridized carbons (Fsp3) is 0.750. The highest BCUT2D eigenvalue weighted by molar-refractivity contribution is 8.00. The van der Waals surface area contributed by atoms with Crippen LogP contribution in [0.25, 0.3) is 0 Å². The molecule has 1 heterocycles. The van der Waals surface area contributed by atoms with E-state index in [0.29, 0.717) is 18.8 Å². The van der Waals surface area contributed by atoms with Crippen LogP contribution in [0.3, 0.4) is 0 Å². The molecular weight excluding hydrogens is 220 g/mol. The Labute approximate surface area is 89.3 Å². The van der Waals surface area contributed by atoms with Crippen LogP contribution in [0, 0.1) is 12.3 Å². The Balaban J connectivity index is 2.41. The Morgan fingerprint density at radius 3 is 3.14 bits per heavy atom. The third-order valence-corrected chi connectivity index (χ3v) is 4.60. The van der Waals surface area contributed by atoms with Crippen molar-refractivity contribution >= 4 is 21.8 Å². The summed E-state index contributed by atoms with van der Waals surface area (Å²) in [5, 5.41) is 2.99. The molecule has 0 aliphatic carbocycles. The quantitative estimate of drug-likeness (QED) is 0.498. The van der Waals surface area contributed by atoms with Gasteiger partial charge in [0, 0.05) is 24.1 Å². The van der Waals surface area contributed by atoms with E-state index in [-0.39, 0.29) is 11.8 Å². The van der Waals surface area contributed by atoms with Crippen LogP contribution in [-0.4, -0.2) is 44.8 Å². The summed E-state index contributed by atoms with van der Waals surface area (Å²) in [6, 6.07) is -0.0409. The number of nitrogens with one attached hydrogen (secondary N) is 2. The van der Waals surface area contributed by atoms with Crippen LogP contribution in [0.4, 0.5) is 0 Å². The van der Waals surface area contributed by atoms with Gasteiger partial charge in [0.1, 0.15) is 0 Å². The molecule has 0 unspecified atom stereocenters. The zero-order valence-corrected chi connectivity index (χ0v) is 9.46. The van der Waals surface area contributed by atoms with Crippen LogP contribution >= 0.6 is 11.8 Å². The van der Waals surface area contributed by atoms with E-state index in [1.54, 1.807) is 11.8 Å². The van der Waals surface area contributed by atoms with Crippen molar-refractivity contribution in [3.63, 3.8) is 0 Å². The lowest BCUT2D eigenvalue weighted by atomic mass is 10.3. The first-order chi connectivity index (χ1) is 6.64. The number of rotatable bonds is 3. The van der Waals surface area contributed by atoms with Gasteiger partial charge in [-0.3, -0.25) is 0 Å². The van der Waals surface area contributed by atoms with Gasteiger partial charge in [-0.2, -0.15) is 11.8 Å². The van der Waals surface area contributed by atoms with E-state index in [2.05, 4.69) is 16.0 Å². The predicted octanol–water partition coefficient (Wildman–Crippen LogP) is -0.756. The van der Waals surface area contributed by atoms with Gasteiger partial charge in [0.05, 0.1) is 12.3 Å². The lowest BCUT2D eigenvalue weighted by molar-refractivity contribution is 0.553. The van der Waals surface area contributed by atoms with Crippen LogP contribution in [0.5, 0.6) is 0 Å². The van der Waals surface area contributed by atoms with Gasteiger partial charge < -0.3 is 5.32 Å². The molecule has 2 N–H and O–H groups in total. The highest BCUT2D eigenvalue weighted by Crippen LogP contribution is 2.09. The Hall–Kier alpha value is -0.220. The van der Waals surface area contributed by atoms with Crippen molar-refractivity contribution in [2.24, 2.45) is 0 Å². The van der Waals surface area contributed by atoms with E-state index in [1.807, 2.05) is 0 Å². The number of thioether (sulfide) groups is 1. The Kier molecular flexibility index (Phi) is 4.75.